The highest BCUT2D eigenvalue weighted by atomic mass is 32.1. The number of aryl methyl sites for hydroxylation is 1. The number of rotatable bonds is 5. The van der Waals surface area contributed by atoms with E-state index in [4.69, 9.17) is 0 Å². The van der Waals surface area contributed by atoms with Gasteiger partial charge in [0, 0.05) is 17.2 Å². The first-order valence-corrected chi connectivity index (χ1v) is 7.97. The number of anilines is 2. The molecule has 5 nitrogen and oxygen atoms in total. The second-order valence-corrected chi connectivity index (χ2v) is 5.74. The summed E-state index contributed by atoms with van der Waals surface area (Å²) in [5, 5.41) is 6.72. The third-order valence-electron chi connectivity index (χ3n) is 3.23. The minimum absolute atomic E-state index is 0.143. The average Bonchev–Trinajstić information content (AvgIpc) is 2.99. The second-order valence-electron chi connectivity index (χ2n) is 4.99. The molecule has 0 radical (unpaired) electrons. The second kappa shape index (κ2) is 7.02. The maximum absolute atomic E-state index is 12.7. The normalized spacial score (nSPS) is 11.7. The van der Waals surface area contributed by atoms with Crippen LogP contribution in [0.25, 0.3) is 0 Å². The number of hydrogen-bond acceptors (Lipinski definition) is 5. The van der Waals surface area contributed by atoms with E-state index < -0.39 is 6.04 Å². The van der Waals surface area contributed by atoms with Crippen LogP contribution in [0, 0.1) is 6.92 Å². The Morgan fingerprint density at radius 3 is 2.30 bits per heavy atom. The summed E-state index contributed by atoms with van der Waals surface area (Å²) in [7, 11) is 0. The molecule has 2 aromatic carbocycles. The quantitative estimate of drug-likeness (QED) is 0.752. The Bertz CT molecular complexity index is 774. The van der Waals surface area contributed by atoms with Gasteiger partial charge in [-0.15, -0.1) is 0 Å². The Morgan fingerprint density at radius 1 is 1.04 bits per heavy atom. The molecule has 0 unspecified atom stereocenters. The Morgan fingerprint density at radius 2 is 1.70 bits per heavy atom. The van der Waals surface area contributed by atoms with Crippen molar-refractivity contribution < 1.29 is 4.79 Å². The van der Waals surface area contributed by atoms with Crippen molar-refractivity contribution in [2.24, 2.45) is 0 Å². The van der Waals surface area contributed by atoms with Crippen molar-refractivity contribution in [1.82, 2.24) is 9.36 Å². The van der Waals surface area contributed by atoms with Gasteiger partial charge in [-0.2, -0.15) is 4.37 Å². The fourth-order valence-corrected chi connectivity index (χ4v) is 2.76. The first-order valence-electron chi connectivity index (χ1n) is 7.20. The molecule has 3 aromatic rings. The fourth-order valence-electron chi connectivity index (χ4n) is 2.16. The molecule has 1 heterocycles. The van der Waals surface area contributed by atoms with Crippen LogP contribution in [0.3, 0.4) is 0 Å². The van der Waals surface area contributed by atoms with Gasteiger partial charge in [0.25, 0.3) is 5.91 Å². The van der Waals surface area contributed by atoms with Gasteiger partial charge in [0.1, 0.15) is 11.9 Å². The highest BCUT2D eigenvalue weighted by molar-refractivity contribution is 7.09. The Hall–Kier alpha value is -2.73. The van der Waals surface area contributed by atoms with Crippen LogP contribution in [0.5, 0.6) is 0 Å². The lowest BCUT2D eigenvalue weighted by Gasteiger charge is -2.18. The predicted octanol–water partition coefficient (Wildman–Crippen LogP) is 3.64. The van der Waals surface area contributed by atoms with Gasteiger partial charge >= 0.3 is 0 Å². The molecule has 23 heavy (non-hydrogen) atoms. The number of aromatic nitrogens is 2. The molecule has 3 rings (SSSR count). The van der Waals surface area contributed by atoms with E-state index in [1.165, 1.54) is 11.5 Å². The van der Waals surface area contributed by atoms with E-state index in [1.807, 2.05) is 67.6 Å². The van der Waals surface area contributed by atoms with Crippen LogP contribution in [-0.2, 0) is 4.79 Å². The Kier molecular flexibility index (Phi) is 4.63. The molecule has 6 heteroatoms. The molecule has 116 valence electrons. The molecule has 1 amide bonds. The van der Waals surface area contributed by atoms with Gasteiger partial charge in [0.15, 0.2) is 0 Å². The molecule has 2 N–H and O–H groups in total. The molecular weight excluding hydrogens is 308 g/mol. The van der Waals surface area contributed by atoms with Crippen molar-refractivity contribution in [3.8, 4) is 0 Å². The summed E-state index contributed by atoms with van der Waals surface area (Å²) in [5.41, 5.74) is 1.63. The van der Waals surface area contributed by atoms with Crippen LogP contribution in [0.1, 0.15) is 17.4 Å². The Balaban J connectivity index is 1.84. The fraction of sp³-hybridized carbons (Fsp3) is 0.118. The number of para-hydroxylation sites is 1. The van der Waals surface area contributed by atoms with E-state index in [9.17, 15) is 4.79 Å². The maximum Gasteiger partial charge on any atom is 0.251 e. The van der Waals surface area contributed by atoms with Crippen LogP contribution in [0.4, 0.5) is 10.8 Å². The summed E-state index contributed by atoms with van der Waals surface area (Å²) >= 11 is 1.24. The number of carbonyl (C=O) groups is 1. The van der Waals surface area contributed by atoms with Crippen LogP contribution in [-0.4, -0.2) is 15.3 Å². The van der Waals surface area contributed by atoms with E-state index >= 15 is 0 Å². The topological polar surface area (TPSA) is 66.9 Å². The monoisotopic (exact) mass is 324 g/mol. The first kappa shape index (κ1) is 15.2. The van der Waals surface area contributed by atoms with Gasteiger partial charge < -0.3 is 10.6 Å². The standard InChI is InChI=1S/C17H16N4OS/c1-12-18-17(23-21-12)20-15(13-8-4-2-5-9-13)16(22)19-14-10-6-3-7-11-14/h2-11,15H,1H3,(H,19,22)(H,18,20,21)/t15-/m0/s1. The molecule has 1 atom stereocenters. The number of nitrogens with zero attached hydrogens (tertiary/aromatic N) is 2. The first-order chi connectivity index (χ1) is 11.2. The van der Waals surface area contributed by atoms with Crippen molar-refractivity contribution in [2.45, 2.75) is 13.0 Å². The third kappa shape index (κ3) is 3.92. The third-order valence-corrected chi connectivity index (χ3v) is 3.97. The van der Waals surface area contributed by atoms with Gasteiger partial charge in [-0.25, -0.2) is 4.98 Å². The lowest BCUT2D eigenvalue weighted by molar-refractivity contribution is -0.117. The smallest absolute Gasteiger partial charge is 0.251 e. The molecule has 0 aliphatic rings. The van der Waals surface area contributed by atoms with E-state index in [2.05, 4.69) is 20.0 Å². The average molecular weight is 324 g/mol. The zero-order chi connectivity index (χ0) is 16.1. The minimum atomic E-state index is -0.538. The van der Waals surface area contributed by atoms with Crippen molar-refractivity contribution in [3.63, 3.8) is 0 Å². The maximum atomic E-state index is 12.7. The van der Waals surface area contributed by atoms with Crippen molar-refractivity contribution in [1.29, 1.82) is 0 Å². The van der Waals surface area contributed by atoms with Crippen LogP contribution >= 0.6 is 11.5 Å². The number of nitrogens with one attached hydrogen (secondary N) is 2. The summed E-state index contributed by atoms with van der Waals surface area (Å²) < 4.78 is 4.14. The number of benzene rings is 2. The number of hydrogen-bond donors (Lipinski definition) is 2. The number of carbonyl (C=O) groups excluding carboxylic acids is 1. The summed E-state index contributed by atoms with van der Waals surface area (Å²) in [6.07, 6.45) is 0. The molecule has 0 bridgehead atoms. The predicted molar refractivity (Wildman–Crippen MR) is 92.5 cm³/mol. The van der Waals surface area contributed by atoms with Gasteiger partial charge in [0.2, 0.25) is 5.13 Å². The van der Waals surface area contributed by atoms with Crippen LogP contribution in [0.15, 0.2) is 60.7 Å². The van der Waals surface area contributed by atoms with Gasteiger partial charge in [-0.3, -0.25) is 4.79 Å². The lowest BCUT2D eigenvalue weighted by atomic mass is 10.1. The molecule has 0 aliphatic heterocycles. The molecule has 0 aliphatic carbocycles. The van der Waals surface area contributed by atoms with E-state index in [0.717, 1.165) is 11.3 Å². The molecular formula is C17H16N4OS. The van der Waals surface area contributed by atoms with E-state index in [-0.39, 0.29) is 5.91 Å². The van der Waals surface area contributed by atoms with E-state index in [1.54, 1.807) is 0 Å². The van der Waals surface area contributed by atoms with Crippen molar-refractivity contribution >= 4 is 28.3 Å². The zero-order valence-corrected chi connectivity index (χ0v) is 13.4. The summed E-state index contributed by atoms with van der Waals surface area (Å²) in [6, 6.07) is 18.4. The summed E-state index contributed by atoms with van der Waals surface area (Å²) in [4.78, 5) is 17.0. The van der Waals surface area contributed by atoms with Crippen molar-refractivity contribution in [2.75, 3.05) is 10.6 Å². The molecule has 1 aromatic heterocycles. The lowest BCUT2D eigenvalue weighted by Crippen LogP contribution is -2.27. The number of amides is 1. The highest BCUT2D eigenvalue weighted by Crippen LogP contribution is 2.22. The summed E-state index contributed by atoms with van der Waals surface area (Å²) in [6.45, 7) is 1.82. The van der Waals surface area contributed by atoms with Crippen molar-refractivity contribution in [3.05, 3.63) is 72.1 Å². The largest absolute Gasteiger partial charge is 0.345 e. The molecule has 0 fully saturated rings. The van der Waals surface area contributed by atoms with E-state index in [0.29, 0.717) is 11.0 Å². The van der Waals surface area contributed by atoms with Gasteiger partial charge in [0.05, 0.1) is 0 Å². The molecule has 0 spiro atoms. The van der Waals surface area contributed by atoms with Gasteiger partial charge in [-0.1, -0.05) is 48.5 Å². The Labute approximate surface area is 138 Å². The summed E-state index contributed by atoms with van der Waals surface area (Å²) in [5.74, 6) is 0.544. The molecule has 0 saturated carbocycles. The minimum Gasteiger partial charge on any atom is -0.345 e. The van der Waals surface area contributed by atoms with Gasteiger partial charge in [-0.05, 0) is 24.6 Å². The van der Waals surface area contributed by atoms with Crippen LogP contribution < -0.4 is 10.6 Å². The molecule has 0 saturated heterocycles. The highest BCUT2D eigenvalue weighted by Gasteiger charge is 2.21. The SMILES string of the molecule is Cc1nsc(N[C@H](C(=O)Nc2ccccc2)c2ccccc2)n1. The zero-order valence-electron chi connectivity index (χ0n) is 12.6. The van der Waals surface area contributed by atoms with Crippen LogP contribution in [0.2, 0.25) is 0 Å².